The summed E-state index contributed by atoms with van der Waals surface area (Å²) in [5.41, 5.74) is 1.85. The van der Waals surface area contributed by atoms with Crippen molar-refractivity contribution in [1.82, 2.24) is 15.2 Å². The number of hydrogen-bond acceptors (Lipinski definition) is 5. The molecule has 3 rings (SSSR count). The van der Waals surface area contributed by atoms with Gasteiger partial charge in [-0.3, -0.25) is 9.89 Å². The van der Waals surface area contributed by atoms with Crippen LogP contribution in [-0.4, -0.2) is 35.3 Å². The first kappa shape index (κ1) is 15.5. The molecule has 1 heterocycles. The third kappa shape index (κ3) is 3.05. The molecular formula is C17H16N4O3. The van der Waals surface area contributed by atoms with Crippen LogP contribution in [0.2, 0.25) is 0 Å². The van der Waals surface area contributed by atoms with E-state index >= 15 is 0 Å². The summed E-state index contributed by atoms with van der Waals surface area (Å²) in [6.45, 7) is 0. The number of rotatable bonds is 5. The molecule has 0 atom stereocenters. The van der Waals surface area contributed by atoms with Crippen LogP contribution in [0.5, 0.6) is 11.5 Å². The minimum Gasteiger partial charge on any atom is -0.493 e. The largest absolute Gasteiger partial charge is 0.493 e. The number of carbonyl (C=O) groups is 1. The second kappa shape index (κ2) is 6.82. The summed E-state index contributed by atoms with van der Waals surface area (Å²) < 4.78 is 10.5. The molecule has 2 aromatic carbocycles. The molecule has 1 aromatic heterocycles. The standard InChI is InChI=1S/C17H16N4O3/c1-23-14-8-4-7-13(15(14)24-2)17(22)20-12-6-3-5-11(9-12)16-18-10-19-21-16/h3-10H,1-2H3,(H,20,22)(H,18,19,21). The lowest BCUT2D eigenvalue weighted by Gasteiger charge is -2.12. The maximum absolute atomic E-state index is 12.6. The number of carbonyl (C=O) groups excluding carboxylic acids is 1. The number of ether oxygens (including phenoxy) is 2. The average molecular weight is 324 g/mol. The summed E-state index contributed by atoms with van der Waals surface area (Å²) in [6, 6.07) is 12.5. The fourth-order valence-corrected chi connectivity index (χ4v) is 2.35. The highest BCUT2D eigenvalue weighted by Gasteiger charge is 2.16. The average Bonchev–Trinajstić information content (AvgIpc) is 3.15. The Morgan fingerprint density at radius 2 is 1.96 bits per heavy atom. The van der Waals surface area contributed by atoms with E-state index in [4.69, 9.17) is 9.47 Å². The first-order valence-corrected chi connectivity index (χ1v) is 7.21. The van der Waals surface area contributed by atoms with Crippen molar-refractivity contribution in [2.45, 2.75) is 0 Å². The van der Waals surface area contributed by atoms with E-state index in [9.17, 15) is 4.79 Å². The first-order chi connectivity index (χ1) is 11.7. The molecular weight excluding hydrogens is 308 g/mol. The van der Waals surface area contributed by atoms with Gasteiger partial charge in [-0.2, -0.15) is 5.10 Å². The van der Waals surface area contributed by atoms with Gasteiger partial charge in [0.25, 0.3) is 5.91 Å². The summed E-state index contributed by atoms with van der Waals surface area (Å²) in [5.74, 6) is 1.23. The van der Waals surface area contributed by atoms with E-state index in [0.29, 0.717) is 28.6 Å². The highest BCUT2D eigenvalue weighted by atomic mass is 16.5. The number of nitrogens with zero attached hydrogens (tertiary/aromatic N) is 2. The number of aromatic nitrogens is 3. The Balaban J connectivity index is 1.87. The molecule has 2 N–H and O–H groups in total. The molecule has 0 unspecified atom stereocenters. The van der Waals surface area contributed by atoms with E-state index in [1.165, 1.54) is 20.5 Å². The zero-order valence-corrected chi connectivity index (χ0v) is 13.2. The molecule has 7 nitrogen and oxygen atoms in total. The van der Waals surface area contributed by atoms with Crippen molar-refractivity contribution in [2.24, 2.45) is 0 Å². The Morgan fingerprint density at radius 1 is 1.12 bits per heavy atom. The molecule has 1 amide bonds. The highest BCUT2D eigenvalue weighted by molar-refractivity contribution is 6.06. The number of para-hydroxylation sites is 1. The Kier molecular flexibility index (Phi) is 4.42. The van der Waals surface area contributed by atoms with Gasteiger partial charge < -0.3 is 14.8 Å². The van der Waals surface area contributed by atoms with E-state index < -0.39 is 0 Å². The lowest BCUT2D eigenvalue weighted by Crippen LogP contribution is -2.13. The number of H-pyrrole nitrogens is 1. The maximum atomic E-state index is 12.6. The number of hydrogen-bond donors (Lipinski definition) is 2. The molecule has 122 valence electrons. The summed E-state index contributed by atoms with van der Waals surface area (Å²) in [6.07, 6.45) is 1.43. The molecule has 0 saturated heterocycles. The monoisotopic (exact) mass is 324 g/mol. The van der Waals surface area contributed by atoms with Crippen molar-refractivity contribution in [2.75, 3.05) is 19.5 Å². The summed E-state index contributed by atoms with van der Waals surface area (Å²) in [7, 11) is 3.03. The summed E-state index contributed by atoms with van der Waals surface area (Å²) in [5, 5.41) is 9.46. The first-order valence-electron chi connectivity index (χ1n) is 7.21. The van der Waals surface area contributed by atoms with Gasteiger partial charge in [0.2, 0.25) is 0 Å². The molecule has 0 radical (unpaired) electrons. The Bertz CT molecular complexity index is 847. The second-order valence-corrected chi connectivity index (χ2v) is 4.91. The third-order valence-electron chi connectivity index (χ3n) is 3.46. The van der Waals surface area contributed by atoms with Crippen LogP contribution in [0.3, 0.4) is 0 Å². The van der Waals surface area contributed by atoms with E-state index in [-0.39, 0.29) is 5.91 Å². The Labute approximate surface area is 138 Å². The van der Waals surface area contributed by atoms with E-state index in [1.54, 1.807) is 24.3 Å². The van der Waals surface area contributed by atoms with Crippen molar-refractivity contribution >= 4 is 11.6 Å². The lowest BCUT2D eigenvalue weighted by molar-refractivity contribution is 0.102. The predicted molar refractivity (Wildman–Crippen MR) is 89.3 cm³/mol. The van der Waals surface area contributed by atoms with E-state index in [2.05, 4.69) is 20.5 Å². The zero-order valence-electron chi connectivity index (χ0n) is 13.2. The van der Waals surface area contributed by atoms with Crippen molar-refractivity contribution in [3.63, 3.8) is 0 Å². The number of nitrogens with one attached hydrogen (secondary N) is 2. The number of benzene rings is 2. The van der Waals surface area contributed by atoms with Gasteiger partial charge in [0, 0.05) is 11.3 Å². The van der Waals surface area contributed by atoms with Crippen LogP contribution in [0.15, 0.2) is 48.8 Å². The van der Waals surface area contributed by atoms with Crippen LogP contribution < -0.4 is 14.8 Å². The summed E-state index contributed by atoms with van der Waals surface area (Å²) >= 11 is 0. The topological polar surface area (TPSA) is 89.1 Å². The molecule has 0 aliphatic rings. The van der Waals surface area contributed by atoms with Gasteiger partial charge in [-0.05, 0) is 24.3 Å². The summed E-state index contributed by atoms with van der Waals surface area (Å²) in [4.78, 5) is 16.7. The maximum Gasteiger partial charge on any atom is 0.259 e. The van der Waals surface area contributed by atoms with Gasteiger partial charge >= 0.3 is 0 Å². The minimum atomic E-state index is -0.291. The van der Waals surface area contributed by atoms with Crippen LogP contribution in [0, 0.1) is 0 Å². The molecule has 3 aromatic rings. The van der Waals surface area contributed by atoms with Crippen LogP contribution >= 0.6 is 0 Å². The normalized spacial score (nSPS) is 10.2. The molecule has 7 heteroatoms. The van der Waals surface area contributed by atoms with Crippen LogP contribution in [0.4, 0.5) is 5.69 Å². The van der Waals surface area contributed by atoms with Gasteiger partial charge in [-0.1, -0.05) is 18.2 Å². The van der Waals surface area contributed by atoms with Crippen molar-refractivity contribution < 1.29 is 14.3 Å². The van der Waals surface area contributed by atoms with E-state index in [0.717, 1.165) is 5.56 Å². The number of methoxy groups -OCH3 is 2. The van der Waals surface area contributed by atoms with Crippen molar-refractivity contribution in [3.8, 4) is 22.9 Å². The number of aromatic amines is 1. The fraction of sp³-hybridized carbons (Fsp3) is 0.118. The van der Waals surface area contributed by atoms with Gasteiger partial charge in [-0.25, -0.2) is 4.98 Å². The SMILES string of the molecule is COc1cccc(C(=O)Nc2cccc(-c3ncn[nH]3)c2)c1OC. The lowest BCUT2D eigenvalue weighted by atomic mass is 10.1. The predicted octanol–water partition coefficient (Wildman–Crippen LogP) is 2.74. The smallest absolute Gasteiger partial charge is 0.259 e. The van der Waals surface area contributed by atoms with Crippen LogP contribution in [-0.2, 0) is 0 Å². The molecule has 0 aliphatic heterocycles. The van der Waals surface area contributed by atoms with Gasteiger partial charge in [0.05, 0.1) is 19.8 Å². The Hall–Kier alpha value is -3.35. The molecule has 0 saturated carbocycles. The minimum absolute atomic E-state index is 0.291. The molecule has 0 fully saturated rings. The highest BCUT2D eigenvalue weighted by Crippen LogP contribution is 2.31. The van der Waals surface area contributed by atoms with Crippen LogP contribution in [0.1, 0.15) is 10.4 Å². The van der Waals surface area contributed by atoms with E-state index in [1.807, 2.05) is 18.2 Å². The van der Waals surface area contributed by atoms with Gasteiger partial charge in [-0.15, -0.1) is 0 Å². The zero-order chi connectivity index (χ0) is 16.9. The van der Waals surface area contributed by atoms with Crippen molar-refractivity contribution in [3.05, 3.63) is 54.4 Å². The quantitative estimate of drug-likeness (QED) is 0.753. The van der Waals surface area contributed by atoms with Gasteiger partial charge in [0.1, 0.15) is 6.33 Å². The molecule has 0 bridgehead atoms. The molecule has 0 spiro atoms. The third-order valence-corrected chi connectivity index (χ3v) is 3.46. The van der Waals surface area contributed by atoms with Crippen molar-refractivity contribution in [1.29, 1.82) is 0 Å². The molecule has 0 aliphatic carbocycles. The second-order valence-electron chi connectivity index (χ2n) is 4.91. The Morgan fingerprint density at radius 3 is 2.67 bits per heavy atom. The van der Waals surface area contributed by atoms with Gasteiger partial charge in [0.15, 0.2) is 17.3 Å². The molecule has 24 heavy (non-hydrogen) atoms. The van der Waals surface area contributed by atoms with Crippen LogP contribution in [0.25, 0.3) is 11.4 Å². The number of amides is 1. The number of anilines is 1. The fourth-order valence-electron chi connectivity index (χ4n) is 2.35.